The number of hydrogen-bond acceptors (Lipinski definition) is 2. The lowest BCUT2D eigenvalue weighted by Gasteiger charge is -2.02. The van der Waals surface area contributed by atoms with Crippen molar-refractivity contribution in [2.75, 3.05) is 0 Å². The first kappa shape index (κ1) is 8.90. The van der Waals surface area contributed by atoms with Gasteiger partial charge in [0.1, 0.15) is 0 Å². The summed E-state index contributed by atoms with van der Waals surface area (Å²) in [5, 5.41) is 0. The summed E-state index contributed by atoms with van der Waals surface area (Å²) in [5.41, 5.74) is 0.997. The number of hydrogen-bond donors (Lipinski definition) is 0. The standard InChI is InChI=1S/C8H9F2NO/c1-2-6-3-4-7(11-5-6)12-8(9)10/h3-5,8H,2H2,1H3. The van der Waals surface area contributed by atoms with Gasteiger partial charge in [-0.25, -0.2) is 4.98 Å². The molecule has 2 nitrogen and oxygen atoms in total. The third-order valence-corrected chi connectivity index (χ3v) is 1.42. The van der Waals surface area contributed by atoms with Crippen molar-refractivity contribution >= 4 is 0 Å². The van der Waals surface area contributed by atoms with Gasteiger partial charge in [0, 0.05) is 12.3 Å². The van der Waals surface area contributed by atoms with E-state index in [1.54, 1.807) is 6.07 Å². The number of aromatic nitrogens is 1. The van der Waals surface area contributed by atoms with E-state index in [1.165, 1.54) is 12.3 Å². The van der Waals surface area contributed by atoms with Crippen LogP contribution in [-0.2, 0) is 6.42 Å². The monoisotopic (exact) mass is 173 g/mol. The first-order valence-corrected chi connectivity index (χ1v) is 3.62. The van der Waals surface area contributed by atoms with Crippen LogP contribution in [0.2, 0.25) is 0 Å². The summed E-state index contributed by atoms with van der Waals surface area (Å²) in [6, 6.07) is 3.15. The van der Waals surface area contributed by atoms with E-state index in [-0.39, 0.29) is 5.88 Å². The Labute approximate surface area is 69.2 Å². The molecule has 0 fully saturated rings. The average Bonchev–Trinajstić information content (AvgIpc) is 2.05. The van der Waals surface area contributed by atoms with E-state index in [9.17, 15) is 8.78 Å². The van der Waals surface area contributed by atoms with Crippen LogP contribution in [0.25, 0.3) is 0 Å². The number of halogens is 2. The lowest BCUT2D eigenvalue weighted by molar-refractivity contribution is -0.0528. The maximum absolute atomic E-state index is 11.6. The molecule has 0 radical (unpaired) electrons. The fraction of sp³-hybridized carbons (Fsp3) is 0.375. The van der Waals surface area contributed by atoms with E-state index in [2.05, 4.69) is 9.72 Å². The molecule has 0 atom stereocenters. The van der Waals surface area contributed by atoms with Crippen molar-refractivity contribution in [1.29, 1.82) is 0 Å². The summed E-state index contributed by atoms with van der Waals surface area (Å²) in [7, 11) is 0. The molecule has 0 unspecified atom stereocenters. The minimum atomic E-state index is -2.80. The number of ether oxygens (including phenoxy) is 1. The van der Waals surface area contributed by atoms with E-state index in [4.69, 9.17) is 0 Å². The van der Waals surface area contributed by atoms with Gasteiger partial charge in [-0.05, 0) is 12.0 Å². The van der Waals surface area contributed by atoms with Crippen LogP contribution in [0, 0.1) is 0 Å². The Balaban J connectivity index is 2.65. The van der Waals surface area contributed by atoms with Crippen molar-refractivity contribution in [2.45, 2.75) is 20.0 Å². The van der Waals surface area contributed by atoms with Crippen molar-refractivity contribution in [2.24, 2.45) is 0 Å². The molecule has 0 saturated heterocycles. The highest BCUT2D eigenvalue weighted by molar-refractivity contribution is 5.17. The highest BCUT2D eigenvalue weighted by atomic mass is 19.3. The van der Waals surface area contributed by atoms with Crippen molar-refractivity contribution in [3.05, 3.63) is 23.9 Å². The zero-order valence-corrected chi connectivity index (χ0v) is 6.63. The molecule has 0 amide bonds. The van der Waals surface area contributed by atoms with E-state index >= 15 is 0 Å². The van der Waals surface area contributed by atoms with Crippen LogP contribution in [-0.4, -0.2) is 11.6 Å². The molecule has 0 bridgehead atoms. The molecule has 1 aromatic rings. The van der Waals surface area contributed by atoms with E-state index in [1.807, 2.05) is 6.92 Å². The van der Waals surface area contributed by atoms with E-state index in [0.29, 0.717) is 0 Å². The Kier molecular flexibility index (Phi) is 2.96. The largest absolute Gasteiger partial charge is 0.417 e. The third-order valence-electron chi connectivity index (χ3n) is 1.42. The Hall–Kier alpha value is -1.19. The molecule has 1 rings (SSSR count). The fourth-order valence-corrected chi connectivity index (χ4v) is 0.781. The zero-order chi connectivity index (χ0) is 8.97. The number of aryl methyl sites for hydroxylation is 1. The van der Waals surface area contributed by atoms with Gasteiger partial charge in [0.2, 0.25) is 5.88 Å². The van der Waals surface area contributed by atoms with Gasteiger partial charge in [0.05, 0.1) is 0 Å². The summed E-state index contributed by atoms with van der Waals surface area (Å²) >= 11 is 0. The molecule has 4 heteroatoms. The predicted octanol–water partition coefficient (Wildman–Crippen LogP) is 2.25. The summed E-state index contributed by atoms with van der Waals surface area (Å²) in [6.45, 7) is -0.838. The minimum Gasteiger partial charge on any atom is -0.417 e. The third kappa shape index (κ3) is 2.45. The minimum absolute atomic E-state index is 0.0396. The summed E-state index contributed by atoms with van der Waals surface area (Å²) < 4.78 is 27.4. The second-order valence-corrected chi connectivity index (χ2v) is 2.24. The van der Waals surface area contributed by atoms with Gasteiger partial charge in [-0.1, -0.05) is 13.0 Å². The second kappa shape index (κ2) is 3.99. The van der Waals surface area contributed by atoms with Gasteiger partial charge >= 0.3 is 6.61 Å². The number of alkyl halides is 2. The molecular weight excluding hydrogens is 164 g/mol. The van der Waals surface area contributed by atoms with Crippen molar-refractivity contribution < 1.29 is 13.5 Å². The van der Waals surface area contributed by atoms with Crippen LogP contribution >= 0.6 is 0 Å². The quantitative estimate of drug-likeness (QED) is 0.699. The Morgan fingerprint density at radius 2 is 2.25 bits per heavy atom. The highest BCUT2D eigenvalue weighted by Gasteiger charge is 2.03. The molecule has 1 heterocycles. The van der Waals surface area contributed by atoms with Crippen LogP contribution in [0.15, 0.2) is 18.3 Å². The normalized spacial score (nSPS) is 10.3. The van der Waals surface area contributed by atoms with E-state index < -0.39 is 6.61 Å². The first-order chi connectivity index (χ1) is 5.72. The lowest BCUT2D eigenvalue weighted by atomic mass is 10.2. The van der Waals surface area contributed by atoms with Gasteiger partial charge in [-0.3, -0.25) is 0 Å². The smallest absolute Gasteiger partial charge is 0.388 e. The first-order valence-electron chi connectivity index (χ1n) is 3.62. The number of rotatable bonds is 3. The van der Waals surface area contributed by atoms with E-state index in [0.717, 1.165) is 12.0 Å². The van der Waals surface area contributed by atoms with Crippen molar-refractivity contribution in [1.82, 2.24) is 4.98 Å². The molecule has 0 spiro atoms. The van der Waals surface area contributed by atoms with Gasteiger partial charge < -0.3 is 4.74 Å². The second-order valence-electron chi connectivity index (χ2n) is 2.24. The Morgan fingerprint density at radius 3 is 2.67 bits per heavy atom. The highest BCUT2D eigenvalue weighted by Crippen LogP contribution is 2.10. The van der Waals surface area contributed by atoms with Crippen molar-refractivity contribution in [3.63, 3.8) is 0 Å². The molecule has 0 aliphatic rings. The summed E-state index contributed by atoms with van der Waals surface area (Å²) in [5.74, 6) is -0.0396. The maximum Gasteiger partial charge on any atom is 0.388 e. The lowest BCUT2D eigenvalue weighted by Crippen LogP contribution is -2.03. The molecule has 0 N–H and O–H groups in total. The topological polar surface area (TPSA) is 22.1 Å². The number of nitrogens with zero attached hydrogens (tertiary/aromatic N) is 1. The molecule has 0 saturated carbocycles. The maximum atomic E-state index is 11.6. The van der Waals surface area contributed by atoms with Gasteiger partial charge in [-0.15, -0.1) is 0 Å². The molecule has 12 heavy (non-hydrogen) atoms. The average molecular weight is 173 g/mol. The van der Waals surface area contributed by atoms with Gasteiger partial charge in [0.25, 0.3) is 0 Å². The van der Waals surface area contributed by atoms with Crippen LogP contribution in [0.1, 0.15) is 12.5 Å². The molecule has 1 aromatic heterocycles. The molecular formula is C8H9F2NO. The zero-order valence-electron chi connectivity index (χ0n) is 6.63. The fourth-order valence-electron chi connectivity index (χ4n) is 0.781. The van der Waals surface area contributed by atoms with Gasteiger partial charge in [-0.2, -0.15) is 8.78 Å². The molecule has 0 aliphatic carbocycles. The van der Waals surface area contributed by atoms with Crippen LogP contribution < -0.4 is 4.74 Å². The number of pyridine rings is 1. The molecule has 0 aromatic carbocycles. The van der Waals surface area contributed by atoms with Crippen molar-refractivity contribution in [3.8, 4) is 5.88 Å². The summed E-state index contributed by atoms with van der Waals surface area (Å²) in [6.07, 6.45) is 2.36. The summed E-state index contributed by atoms with van der Waals surface area (Å²) in [4.78, 5) is 3.69. The predicted molar refractivity (Wildman–Crippen MR) is 40.2 cm³/mol. The SMILES string of the molecule is CCc1ccc(OC(F)F)nc1. The molecule has 0 aliphatic heterocycles. The Bertz CT molecular complexity index is 235. The van der Waals surface area contributed by atoms with Crippen LogP contribution in [0.5, 0.6) is 5.88 Å². The van der Waals surface area contributed by atoms with Crippen LogP contribution in [0.4, 0.5) is 8.78 Å². The van der Waals surface area contributed by atoms with Gasteiger partial charge in [0.15, 0.2) is 0 Å². The van der Waals surface area contributed by atoms with Crippen LogP contribution in [0.3, 0.4) is 0 Å². The molecule has 66 valence electrons. The Morgan fingerprint density at radius 1 is 1.50 bits per heavy atom.